The predicted octanol–water partition coefficient (Wildman–Crippen LogP) is 4.60. The average Bonchev–Trinajstić information content (AvgIpc) is 2.82. The van der Waals surface area contributed by atoms with E-state index in [1.165, 1.54) is 19.3 Å². The van der Waals surface area contributed by atoms with Crippen LogP contribution in [0.1, 0.15) is 32.6 Å². The van der Waals surface area contributed by atoms with E-state index in [2.05, 4.69) is 33.2 Å². The van der Waals surface area contributed by atoms with E-state index < -0.39 is 0 Å². The molecule has 5 heteroatoms. The largest absolute Gasteiger partial charge is 0.414 e. The Morgan fingerprint density at radius 1 is 1.33 bits per heavy atom. The van der Waals surface area contributed by atoms with Gasteiger partial charge in [-0.3, -0.25) is 0 Å². The number of hydrogen-bond acceptors (Lipinski definition) is 2. The molecule has 1 aromatic carbocycles. The van der Waals surface area contributed by atoms with Gasteiger partial charge in [-0.2, -0.15) is 0 Å². The summed E-state index contributed by atoms with van der Waals surface area (Å²) in [5.41, 5.74) is 0.943. The molecule has 0 radical (unpaired) electrons. The van der Waals surface area contributed by atoms with Gasteiger partial charge in [0.25, 0.3) is 0 Å². The summed E-state index contributed by atoms with van der Waals surface area (Å²) in [6.45, 7) is 2.19. The summed E-state index contributed by atoms with van der Waals surface area (Å²) < 4.78 is 6.36. The zero-order valence-electron chi connectivity index (χ0n) is 12.0. The Bertz CT molecular complexity index is 653. The molecule has 2 atom stereocenters. The van der Waals surface area contributed by atoms with Crippen LogP contribution in [-0.4, -0.2) is 17.1 Å². The van der Waals surface area contributed by atoms with E-state index in [1.54, 1.807) is 0 Å². The molecule has 2 aromatic rings. The third-order valence-electron chi connectivity index (χ3n) is 4.18. The number of hydrogen-bond donors (Lipinski definition) is 2. The molecular formula is C16H19BrN2O2. The van der Waals surface area contributed by atoms with Crippen molar-refractivity contribution < 1.29 is 9.53 Å². The number of halogens is 1. The van der Waals surface area contributed by atoms with Gasteiger partial charge in [-0.25, -0.2) is 4.79 Å². The summed E-state index contributed by atoms with van der Waals surface area (Å²) in [7, 11) is 0. The van der Waals surface area contributed by atoms with Crippen molar-refractivity contribution in [2.75, 3.05) is 0 Å². The lowest BCUT2D eigenvalue weighted by atomic mass is 9.86. The van der Waals surface area contributed by atoms with Crippen molar-refractivity contribution in [2.24, 2.45) is 5.92 Å². The second kappa shape index (κ2) is 6.10. The number of aromatic nitrogens is 1. The highest BCUT2D eigenvalue weighted by atomic mass is 79.9. The van der Waals surface area contributed by atoms with Crippen molar-refractivity contribution in [1.82, 2.24) is 10.3 Å². The molecule has 21 heavy (non-hydrogen) atoms. The second-order valence-corrected chi connectivity index (χ2v) is 6.68. The van der Waals surface area contributed by atoms with E-state index in [0.29, 0.717) is 11.8 Å². The molecule has 1 fully saturated rings. The minimum Gasteiger partial charge on any atom is -0.393 e. The maximum Gasteiger partial charge on any atom is 0.414 e. The number of benzene rings is 1. The standard InChI is InChI=1S/C16H19BrN2O2/c1-10-4-2-3-5-13(10)19-16(20)21-15-8-11-6-7-12(17)9-14(11)18-15/h6-10,13,18H,2-5H2,1H3,(H,19,20)/t10-,13+/m0/s1. The number of aromatic amines is 1. The summed E-state index contributed by atoms with van der Waals surface area (Å²) in [6, 6.07) is 7.97. The quantitative estimate of drug-likeness (QED) is 0.831. The number of ether oxygens (including phenoxy) is 1. The monoisotopic (exact) mass is 350 g/mol. The third-order valence-corrected chi connectivity index (χ3v) is 4.67. The molecule has 112 valence electrons. The molecule has 4 nitrogen and oxygen atoms in total. The van der Waals surface area contributed by atoms with Crippen LogP contribution in [0.2, 0.25) is 0 Å². The first-order valence-corrected chi connectivity index (χ1v) is 8.18. The first-order valence-electron chi connectivity index (χ1n) is 7.38. The highest BCUT2D eigenvalue weighted by Crippen LogP contribution is 2.25. The SMILES string of the molecule is C[C@H]1CCCC[C@H]1NC(=O)Oc1cc2ccc(Br)cc2[nH]1. The van der Waals surface area contributed by atoms with E-state index in [1.807, 2.05) is 24.3 Å². The number of amides is 1. The Morgan fingerprint density at radius 2 is 2.14 bits per heavy atom. The van der Waals surface area contributed by atoms with E-state index in [4.69, 9.17) is 4.74 Å². The summed E-state index contributed by atoms with van der Waals surface area (Å²) in [6.07, 6.45) is 4.27. The fourth-order valence-corrected chi connectivity index (χ4v) is 3.30. The van der Waals surface area contributed by atoms with Crippen LogP contribution in [0, 0.1) is 5.92 Å². The number of carbonyl (C=O) groups is 1. The van der Waals surface area contributed by atoms with E-state index in [9.17, 15) is 4.79 Å². The van der Waals surface area contributed by atoms with Crippen molar-refractivity contribution in [3.63, 3.8) is 0 Å². The Hall–Kier alpha value is -1.49. The highest BCUT2D eigenvalue weighted by molar-refractivity contribution is 9.10. The Kier molecular flexibility index (Phi) is 4.19. The van der Waals surface area contributed by atoms with Crippen LogP contribution in [0.3, 0.4) is 0 Å². The van der Waals surface area contributed by atoms with E-state index in [-0.39, 0.29) is 12.1 Å². The van der Waals surface area contributed by atoms with E-state index >= 15 is 0 Å². The smallest absolute Gasteiger partial charge is 0.393 e. The number of rotatable bonds is 2. The molecule has 1 amide bonds. The Balaban J connectivity index is 1.65. The number of fused-ring (bicyclic) bond motifs is 1. The molecule has 0 aliphatic heterocycles. The van der Waals surface area contributed by atoms with Gasteiger partial charge in [-0.15, -0.1) is 0 Å². The van der Waals surface area contributed by atoms with Crippen LogP contribution in [0.15, 0.2) is 28.7 Å². The lowest BCUT2D eigenvalue weighted by molar-refractivity contribution is 0.182. The maximum atomic E-state index is 12.0. The summed E-state index contributed by atoms with van der Waals surface area (Å²) in [5.74, 6) is 0.994. The zero-order valence-corrected chi connectivity index (χ0v) is 13.6. The molecule has 1 aliphatic carbocycles. The topological polar surface area (TPSA) is 54.1 Å². The van der Waals surface area contributed by atoms with Gasteiger partial charge in [-0.05, 0) is 30.9 Å². The molecule has 2 N–H and O–H groups in total. The van der Waals surface area contributed by atoms with Crippen LogP contribution >= 0.6 is 15.9 Å². The van der Waals surface area contributed by atoms with Crippen LogP contribution < -0.4 is 10.1 Å². The summed E-state index contributed by atoms with van der Waals surface area (Å²) in [5, 5.41) is 4.00. The molecule has 3 rings (SSSR count). The van der Waals surface area contributed by atoms with Gasteiger partial charge in [0.1, 0.15) is 0 Å². The Labute approximate surface area is 132 Å². The van der Waals surface area contributed by atoms with Gasteiger partial charge in [0.15, 0.2) is 0 Å². The van der Waals surface area contributed by atoms with Crippen LogP contribution in [0.4, 0.5) is 4.79 Å². The number of H-pyrrole nitrogens is 1. The molecule has 0 spiro atoms. The molecule has 1 heterocycles. The minimum absolute atomic E-state index is 0.227. The molecule has 0 saturated heterocycles. The Morgan fingerprint density at radius 3 is 2.95 bits per heavy atom. The third kappa shape index (κ3) is 3.40. The fourth-order valence-electron chi connectivity index (χ4n) is 2.94. The van der Waals surface area contributed by atoms with Gasteiger partial charge in [0.2, 0.25) is 5.88 Å². The summed E-state index contributed by atoms with van der Waals surface area (Å²) in [4.78, 5) is 15.1. The van der Waals surface area contributed by atoms with Crippen molar-refractivity contribution in [3.8, 4) is 5.88 Å². The summed E-state index contributed by atoms with van der Waals surface area (Å²) >= 11 is 3.42. The fraction of sp³-hybridized carbons (Fsp3) is 0.438. The molecule has 1 aromatic heterocycles. The molecule has 1 aliphatic rings. The predicted molar refractivity (Wildman–Crippen MR) is 86.6 cm³/mol. The number of nitrogens with one attached hydrogen (secondary N) is 2. The average molecular weight is 351 g/mol. The van der Waals surface area contributed by atoms with Crippen LogP contribution in [-0.2, 0) is 0 Å². The van der Waals surface area contributed by atoms with Gasteiger partial charge in [0.05, 0.1) is 0 Å². The molecule has 0 bridgehead atoms. The van der Waals surface area contributed by atoms with Crippen molar-refractivity contribution in [3.05, 3.63) is 28.7 Å². The van der Waals surface area contributed by atoms with Gasteiger partial charge in [-0.1, -0.05) is 41.8 Å². The zero-order chi connectivity index (χ0) is 14.8. The van der Waals surface area contributed by atoms with Crippen LogP contribution in [0.5, 0.6) is 5.88 Å². The van der Waals surface area contributed by atoms with Crippen LogP contribution in [0.25, 0.3) is 10.9 Å². The first kappa shape index (κ1) is 14.4. The maximum absolute atomic E-state index is 12.0. The lowest BCUT2D eigenvalue weighted by Gasteiger charge is -2.28. The second-order valence-electron chi connectivity index (χ2n) is 5.77. The van der Waals surface area contributed by atoms with Crippen molar-refractivity contribution >= 4 is 32.9 Å². The van der Waals surface area contributed by atoms with Crippen molar-refractivity contribution in [2.45, 2.75) is 38.6 Å². The number of carbonyl (C=O) groups excluding carboxylic acids is 1. The first-order chi connectivity index (χ1) is 10.1. The molecule has 0 unspecified atom stereocenters. The van der Waals surface area contributed by atoms with E-state index in [0.717, 1.165) is 21.8 Å². The lowest BCUT2D eigenvalue weighted by Crippen LogP contribution is -2.42. The van der Waals surface area contributed by atoms with Gasteiger partial charge >= 0.3 is 6.09 Å². The molecular weight excluding hydrogens is 332 g/mol. The highest BCUT2D eigenvalue weighted by Gasteiger charge is 2.23. The normalized spacial score (nSPS) is 22.2. The minimum atomic E-state index is -0.376. The van der Waals surface area contributed by atoms with Crippen molar-refractivity contribution in [1.29, 1.82) is 0 Å². The molecule has 1 saturated carbocycles. The van der Waals surface area contributed by atoms with Gasteiger partial charge in [0, 0.05) is 27.5 Å². The van der Waals surface area contributed by atoms with Gasteiger partial charge < -0.3 is 15.0 Å².